The zero-order valence-electron chi connectivity index (χ0n) is 6.11. The van der Waals surface area contributed by atoms with Gasteiger partial charge in [0.15, 0.2) is 0 Å². The summed E-state index contributed by atoms with van der Waals surface area (Å²) in [5, 5.41) is 0. The lowest BCUT2D eigenvalue weighted by atomic mass is 10.2. The van der Waals surface area contributed by atoms with Gasteiger partial charge in [0.05, 0.1) is 6.10 Å². The van der Waals surface area contributed by atoms with Crippen molar-refractivity contribution in [3.8, 4) is 0 Å². The van der Waals surface area contributed by atoms with Gasteiger partial charge in [-0.2, -0.15) is 0 Å². The van der Waals surface area contributed by atoms with Crippen LogP contribution in [0.5, 0.6) is 0 Å². The Balaban J connectivity index is -0.000000245. The Kier molecular flexibility index (Phi) is 19.3. The zero-order chi connectivity index (χ0) is 6.41. The van der Waals surface area contributed by atoms with Crippen molar-refractivity contribution < 1.29 is 4.74 Å². The number of ether oxygens (including phenoxy) is 1. The van der Waals surface area contributed by atoms with Gasteiger partial charge in [-0.15, -0.1) is 0 Å². The summed E-state index contributed by atoms with van der Waals surface area (Å²) >= 11 is 0. The van der Waals surface area contributed by atoms with Crippen LogP contribution in [0.1, 0.15) is 48.5 Å². The second-order valence-electron chi connectivity index (χ2n) is 1.89. The van der Waals surface area contributed by atoms with E-state index in [1.54, 1.807) is 0 Å². The van der Waals surface area contributed by atoms with Gasteiger partial charge in [0.1, 0.15) is 0 Å². The Bertz CT molecular complexity index is 40.0. The van der Waals surface area contributed by atoms with E-state index in [4.69, 9.17) is 4.74 Å². The van der Waals surface area contributed by atoms with Crippen LogP contribution in [0.15, 0.2) is 0 Å². The quantitative estimate of drug-likeness (QED) is 0.593. The molecule has 1 nitrogen and oxygen atoms in total. The van der Waals surface area contributed by atoms with E-state index in [0.29, 0.717) is 6.10 Å². The van der Waals surface area contributed by atoms with Crippen LogP contribution in [0.4, 0.5) is 0 Å². The largest absolute Gasteiger partial charge is 0.379 e. The van der Waals surface area contributed by atoms with Crippen molar-refractivity contribution in [1.29, 1.82) is 0 Å². The Hall–Kier alpha value is -0.0400. The Morgan fingerprint density at radius 2 is 1.40 bits per heavy atom. The molecule has 66 valence electrons. The molecule has 0 aromatic carbocycles. The SMILES string of the molecule is C.C.CCOC(CC)CC. The molecule has 1 heteroatoms. The van der Waals surface area contributed by atoms with Gasteiger partial charge in [-0.1, -0.05) is 28.7 Å². The predicted molar refractivity (Wildman–Crippen MR) is 49.5 cm³/mol. The third kappa shape index (κ3) is 7.96. The van der Waals surface area contributed by atoms with Crippen molar-refractivity contribution in [3.63, 3.8) is 0 Å². The molecule has 0 saturated heterocycles. The smallest absolute Gasteiger partial charge is 0.0569 e. The highest BCUT2D eigenvalue weighted by Gasteiger charge is 1.98. The van der Waals surface area contributed by atoms with Crippen molar-refractivity contribution in [2.75, 3.05) is 6.61 Å². The van der Waals surface area contributed by atoms with Crippen LogP contribution in [-0.2, 0) is 4.74 Å². The summed E-state index contributed by atoms with van der Waals surface area (Å²) in [5.41, 5.74) is 0. The summed E-state index contributed by atoms with van der Waals surface area (Å²) in [5.74, 6) is 0. The first kappa shape index (κ1) is 16.5. The average molecular weight is 148 g/mol. The first-order valence-electron chi connectivity index (χ1n) is 3.46. The molecule has 0 N–H and O–H groups in total. The maximum absolute atomic E-state index is 5.34. The van der Waals surface area contributed by atoms with Gasteiger partial charge < -0.3 is 4.74 Å². The molecule has 0 radical (unpaired) electrons. The number of hydrogen-bond acceptors (Lipinski definition) is 1. The maximum atomic E-state index is 5.34. The minimum atomic E-state index is 0. The molecule has 0 unspecified atom stereocenters. The lowest BCUT2D eigenvalue weighted by Crippen LogP contribution is -2.08. The fraction of sp³-hybridized carbons (Fsp3) is 1.00. The van der Waals surface area contributed by atoms with E-state index in [1.165, 1.54) is 0 Å². The molecule has 10 heavy (non-hydrogen) atoms. The molecule has 0 aromatic rings. The number of hydrogen-bond donors (Lipinski definition) is 0. The van der Waals surface area contributed by atoms with Crippen molar-refractivity contribution >= 4 is 0 Å². The fourth-order valence-electron chi connectivity index (χ4n) is 0.760. The molecule has 0 aliphatic carbocycles. The molecule has 0 amide bonds. The highest BCUT2D eigenvalue weighted by Crippen LogP contribution is 2.00. The van der Waals surface area contributed by atoms with Crippen LogP contribution < -0.4 is 0 Å². The molecule has 0 saturated carbocycles. The maximum Gasteiger partial charge on any atom is 0.0569 e. The van der Waals surface area contributed by atoms with E-state index in [2.05, 4.69) is 13.8 Å². The molecule has 0 rings (SSSR count). The average Bonchev–Trinajstić information content (AvgIpc) is 1.83. The molecule has 0 aromatic heterocycles. The van der Waals surface area contributed by atoms with Gasteiger partial charge in [0.2, 0.25) is 0 Å². The molecule has 0 aliphatic rings. The second kappa shape index (κ2) is 11.7. The summed E-state index contributed by atoms with van der Waals surface area (Å²) in [6.07, 6.45) is 2.79. The number of rotatable bonds is 4. The normalized spacial score (nSPS) is 8.40. The minimum absolute atomic E-state index is 0. The van der Waals surface area contributed by atoms with Gasteiger partial charge >= 0.3 is 0 Å². The van der Waals surface area contributed by atoms with E-state index in [-0.39, 0.29) is 14.9 Å². The minimum Gasteiger partial charge on any atom is -0.379 e. The van der Waals surface area contributed by atoms with E-state index < -0.39 is 0 Å². The summed E-state index contributed by atoms with van der Waals surface area (Å²) in [7, 11) is 0. The third-order valence-electron chi connectivity index (χ3n) is 1.31. The molecule has 0 heterocycles. The van der Waals surface area contributed by atoms with E-state index in [0.717, 1.165) is 19.4 Å². The Labute approximate surface area is 66.8 Å². The van der Waals surface area contributed by atoms with Crippen LogP contribution in [0.25, 0.3) is 0 Å². The molecule has 0 fully saturated rings. The highest BCUT2D eigenvalue weighted by molar-refractivity contribution is 4.48. The van der Waals surface area contributed by atoms with Crippen LogP contribution in [-0.4, -0.2) is 12.7 Å². The molecule has 0 spiro atoms. The Morgan fingerprint density at radius 3 is 1.50 bits per heavy atom. The first-order chi connectivity index (χ1) is 3.85. The van der Waals surface area contributed by atoms with Crippen LogP contribution in [0.3, 0.4) is 0 Å². The summed E-state index contributed by atoms with van der Waals surface area (Å²) in [6.45, 7) is 7.21. The molecule has 0 atom stereocenters. The fourth-order valence-corrected chi connectivity index (χ4v) is 0.760. The van der Waals surface area contributed by atoms with Crippen molar-refractivity contribution in [2.24, 2.45) is 0 Å². The molecular formula is C9H24O. The third-order valence-corrected chi connectivity index (χ3v) is 1.31. The monoisotopic (exact) mass is 148 g/mol. The summed E-state index contributed by atoms with van der Waals surface area (Å²) in [4.78, 5) is 0. The van der Waals surface area contributed by atoms with Gasteiger partial charge in [0, 0.05) is 6.61 Å². The van der Waals surface area contributed by atoms with Crippen molar-refractivity contribution in [2.45, 2.75) is 54.6 Å². The predicted octanol–water partition coefficient (Wildman–Crippen LogP) is 3.48. The topological polar surface area (TPSA) is 9.23 Å². The molecule has 0 aliphatic heterocycles. The van der Waals surface area contributed by atoms with Gasteiger partial charge in [-0.25, -0.2) is 0 Å². The van der Waals surface area contributed by atoms with Crippen LogP contribution in [0.2, 0.25) is 0 Å². The Morgan fingerprint density at radius 1 is 1.00 bits per heavy atom. The first-order valence-corrected chi connectivity index (χ1v) is 3.46. The standard InChI is InChI=1S/C7H16O.2CH4/c1-4-7(5-2)8-6-3;;/h7H,4-6H2,1-3H3;2*1H4. The van der Waals surface area contributed by atoms with Gasteiger partial charge in [-0.05, 0) is 19.8 Å². The van der Waals surface area contributed by atoms with Crippen LogP contribution in [0, 0.1) is 0 Å². The van der Waals surface area contributed by atoms with Gasteiger partial charge in [-0.3, -0.25) is 0 Å². The van der Waals surface area contributed by atoms with Crippen LogP contribution >= 0.6 is 0 Å². The van der Waals surface area contributed by atoms with Gasteiger partial charge in [0.25, 0.3) is 0 Å². The van der Waals surface area contributed by atoms with E-state index in [9.17, 15) is 0 Å². The van der Waals surface area contributed by atoms with E-state index in [1.807, 2.05) is 6.92 Å². The second-order valence-corrected chi connectivity index (χ2v) is 1.89. The lowest BCUT2D eigenvalue weighted by molar-refractivity contribution is 0.0578. The summed E-state index contributed by atoms with van der Waals surface area (Å²) < 4.78 is 5.34. The summed E-state index contributed by atoms with van der Waals surface area (Å²) in [6, 6.07) is 0. The van der Waals surface area contributed by atoms with E-state index >= 15 is 0 Å². The molecular weight excluding hydrogens is 124 g/mol. The van der Waals surface area contributed by atoms with Crippen molar-refractivity contribution in [1.82, 2.24) is 0 Å². The molecule has 0 bridgehead atoms. The van der Waals surface area contributed by atoms with Crippen molar-refractivity contribution in [3.05, 3.63) is 0 Å². The highest BCUT2D eigenvalue weighted by atomic mass is 16.5. The lowest BCUT2D eigenvalue weighted by Gasteiger charge is -2.10. The zero-order valence-corrected chi connectivity index (χ0v) is 6.11.